The van der Waals surface area contributed by atoms with Gasteiger partial charge in [-0.25, -0.2) is 4.68 Å². The van der Waals surface area contributed by atoms with E-state index in [-0.39, 0.29) is 0 Å². The highest BCUT2D eigenvalue weighted by atomic mass is 15.3. The summed E-state index contributed by atoms with van der Waals surface area (Å²) in [7, 11) is 0. The van der Waals surface area contributed by atoms with Gasteiger partial charge >= 0.3 is 0 Å². The lowest BCUT2D eigenvalue weighted by Gasteiger charge is -2.19. The average molecular weight is 242 g/mol. The molecule has 1 aliphatic heterocycles. The second-order valence-corrected chi connectivity index (χ2v) is 5.20. The highest BCUT2D eigenvalue weighted by Gasteiger charge is 2.24. The van der Waals surface area contributed by atoms with E-state index in [2.05, 4.69) is 41.1 Å². The van der Waals surface area contributed by atoms with E-state index in [1.54, 1.807) is 0 Å². The molecule has 0 atom stereocenters. The minimum atomic E-state index is 0.577. The van der Waals surface area contributed by atoms with Gasteiger partial charge in [0.25, 0.3) is 0 Å². The van der Waals surface area contributed by atoms with E-state index in [4.69, 9.17) is 0 Å². The SMILES string of the molecule is Cc1ccc(-n2cc3c(n2)CN(C(C)C)C3)cn1. The monoisotopic (exact) mass is 242 g/mol. The van der Waals surface area contributed by atoms with E-state index < -0.39 is 0 Å². The van der Waals surface area contributed by atoms with Crippen LogP contribution >= 0.6 is 0 Å². The summed E-state index contributed by atoms with van der Waals surface area (Å²) < 4.78 is 1.94. The molecule has 3 heterocycles. The first-order valence-corrected chi connectivity index (χ1v) is 6.38. The fraction of sp³-hybridized carbons (Fsp3) is 0.429. The van der Waals surface area contributed by atoms with Crippen LogP contribution in [0.1, 0.15) is 30.8 Å². The highest BCUT2D eigenvalue weighted by molar-refractivity contribution is 5.32. The molecule has 4 nitrogen and oxygen atoms in total. The molecular weight excluding hydrogens is 224 g/mol. The normalized spacial score (nSPS) is 15.3. The topological polar surface area (TPSA) is 34.0 Å². The van der Waals surface area contributed by atoms with Crippen LogP contribution in [0, 0.1) is 6.92 Å². The van der Waals surface area contributed by atoms with Crippen molar-refractivity contribution in [2.75, 3.05) is 0 Å². The first kappa shape index (κ1) is 11.4. The van der Waals surface area contributed by atoms with Gasteiger partial charge in [-0.05, 0) is 32.9 Å². The number of aromatic nitrogens is 3. The van der Waals surface area contributed by atoms with Crippen molar-refractivity contribution in [2.24, 2.45) is 0 Å². The number of fused-ring (bicyclic) bond motifs is 1. The number of aryl methyl sites for hydroxylation is 1. The molecule has 0 saturated carbocycles. The summed E-state index contributed by atoms with van der Waals surface area (Å²) in [6.45, 7) is 8.41. The molecule has 18 heavy (non-hydrogen) atoms. The van der Waals surface area contributed by atoms with Crippen molar-refractivity contribution in [3.63, 3.8) is 0 Å². The number of nitrogens with zero attached hydrogens (tertiary/aromatic N) is 4. The Morgan fingerprint density at radius 3 is 2.67 bits per heavy atom. The van der Waals surface area contributed by atoms with Crippen molar-refractivity contribution in [1.82, 2.24) is 19.7 Å². The Morgan fingerprint density at radius 2 is 2.06 bits per heavy atom. The van der Waals surface area contributed by atoms with Crippen LogP contribution in [-0.2, 0) is 13.1 Å². The molecule has 0 fully saturated rings. The van der Waals surface area contributed by atoms with Crippen LogP contribution in [0.5, 0.6) is 0 Å². The molecule has 2 aromatic rings. The fourth-order valence-corrected chi connectivity index (χ4v) is 2.27. The van der Waals surface area contributed by atoms with Crippen LogP contribution in [0.2, 0.25) is 0 Å². The largest absolute Gasteiger partial charge is 0.291 e. The van der Waals surface area contributed by atoms with Gasteiger partial charge in [0.1, 0.15) is 0 Å². The third-order valence-corrected chi connectivity index (χ3v) is 3.49. The van der Waals surface area contributed by atoms with E-state index in [9.17, 15) is 0 Å². The van der Waals surface area contributed by atoms with Crippen LogP contribution in [0.25, 0.3) is 5.69 Å². The zero-order valence-corrected chi connectivity index (χ0v) is 11.1. The predicted octanol–water partition coefficient (Wildman–Crippen LogP) is 2.30. The molecule has 0 radical (unpaired) electrons. The molecule has 94 valence electrons. The molecule has 0 spiro atoms. The fourth-order valence-electron chi connectivity index (χ4n) is 2.27. The van der Waals surface area contributed by atoms with Crippen LogP contribution in [0.15, 0.2) is 24.5 Å². The third kappa shape index (κ3) is 1.93. The van der Waals surface area contributed by atoms with Crippen molar-refractivity contribution >= 4 is 0 Å². The zero-order valence-electron chi connectivity index (χ0n) is 11.1. The molecule has 0 aromatic carbocycles. The molecule has 0 N–H and O–H groups in total. The molecule has 0 unspecified atom stereocenters. The third-order valence-electron chi connectivity index (χ3n) is 3.49. The predicted molar refractivity (Wildman–Crippen MR) is 70.5 cm³/mol. The van der Waals surface area contributed by atoms with E-state index in [0.717, 1.165) is 24.5 Å². The summed E-state index contributed by atoms with van der Waals surface area (Å²) in [5.41, 5.74) is 4.60. The Hall–Kier alpha value is -1.68. The Labute approximate surface area is 107 Å². The van der Waals surface area contributed by atoms with Crippen molar-refractivity contribution in [3.05, 3.63) is 41.5 Å². The van der Waals surface area contributed by atoms with Gasteiger partial charge in [-0.2, -0.15) is 5.10 Å². The lowest BCUT2D eigenvalue weighted by atomic mass is 10.3. The summed E-state index contributed by atoms with van der Waals surface area (Å²) in [6.07, 6.45) is 4.00. The Kier molecular flexibility index (Phi) is 2.67. The summed E-state index contributed by atoms with van der Waals surface area (Å²) >= 11 is 0. The summed E-state index contributed by atoms with van der Waals surface area (Å²) in [5.74, 6) is 0. The first-order chi connectivity index (χ1) is 8.63. The Bertz CT molecular complexity index is 530. The molecule has 1 aliphatic rings. The Morgan fingerprint density at radius 1 is 1.22 bits per heavy atom. The average Bonchev–Trinajstić information content (AvgIpc) is 2.87. The van der Waals surface area contributed by atoms with Crippen molar-refractivity contribution in [3.8, 4) is 5.69 Å². The van der Waals surface area contributed by atoms with Gasteiger partial charge in [0.2, 0.25) is 0 Å². The van der Waals surface area contributed by atoms with Gasteiger partial charge in [0, 0.05) is 36.6 Å². The van der Waals surface area contributed by atoms with E-state index in [0.29, 0.717) is 6.04 Å². The van der Waals surface area contributed by atoms with Crippen LogP contribution in [-0.4, -0.2) is 25.7 Å². The minimum Gasteiger partial charge on any atom is -0.291 e. The molecule has 3 rings (SSSR count). The smallest absolute Gasteiger partial charge is 0.0829 e. The van der Waals surface area contributed by atoms with Crippen molar-refractivity contribution in [2.45, 2.75) is 39.9 Å². The lowest BCUT2D eigenvalue weighted by Crippen LogP contribution is -2.25. The van der Waals surface area contributed by atoms with Gasteiger partial charge in [-0.3, -0.25) is 9.88 Å². The van der Waals surface area contributed by atoms with Gasteiger partial charge in [0.15, 0.2) is 0 Å². The maximum Gasteiger partial charge on any atom is 0.0829 e. The number of rotatable bonds is 2. The maximum atomic E-state index is 4.66. The van der Waals surface area contributed by atoms with Gasteiger partial charge in [0.05, 0.1) is 17.6 Å². The molecule has 0 aliphatic carbocycles. The second kappa shape index (κ2) is 4.21. The van der Waals surface area contributed by atoms with E-state index >= 15 is 0 Å². The lowest BCUT2D eigenvalue weighted by molar-refractivity contribution is 0.224. The molecular formula is C14H18N4. The quantitative estimate of drug-likeness (QED) is 0.810. The number of hydrogen-bond donors (Lipinski definition) is 0. The van der Waals surface area contributed by atoms with Crippen molar-refractivity contribution < 1.29 is 0 Å². The van der Waals surface area contributed by atoms with Gasteiger partial charge < -0.3 is 0 Å². The second-order valence-electron chi connectivity index (χ2n) is 5.20. The minimum absolute atomic E-state index is 0.577. The van der Waals surface area contributed by atoms with E-state index in [1.165, 1.54) is 11.3 Å². The standard InChI is InChI=1S/C14H18N4/c1-10(2)17-7-12-8-18(16-14(12)9-17)13-5-4-11(3)15-6-13/h4-6,8,10H,7,9H2,1-3H3. The molecule has 0 bridgehead atoms. The number of hydrogen-bond acceptors (Lipinski definition) is 3. The zero-order chi connectivity index (χ0) is 12.7. The molecule has 0 amide bonds. The summed E-state index contributed by atoms with van der Waals surface area (Å²) in [6, 6.07) is 4.65. The molecule has 4 heteroatoms. The van der Waals surface area contributed by atoms with Crippen LogP contribution < -0.4 is 0 Å². The Balaban J connectivity index is 1.86. The molecule has 0 saturated heterocycles. The first-order valence-electron chi connectivity index (χ1n) is 6.38. The number of pyridine rings is 1. The summed E-state index contributed by atoms with van der Waals surface area (Å²) in [4.78, 5) is 6.74. The van der Waals surface area contributed by atoms with E-state index in [1.807, 2.05) is 23.9 Å². The van der Waals surface area contributed by atoms with Crippen LogP contribution in [0.4, 0.5) is 0 Å². The van der Waals surface area contributed by atoms with Gasteiger partial charge in [-0.1, -0.05) is 0 Å². The summed E-state index contributed by atoms with van der Waals surface area (Å²) in [5, 5.41) is 4.66. The maximum absolute atomic E-state index is 4.66. The van der Waals surface area contributed by atoms with Gasteiger partial charge in [-0.15, -0.1) is 0 Å². The molecule has 2 aromatic heterocycles. The highest BCUT2D eigenvalue weighted by Crippen LogP contribution is 2.24. The van der Waals surface area contributed by atoms with Crippen molar-refractivity contribution in [1.29, 1.82) is 0 Å². The van der Waals surface area contributed by atoms with Crippen LogP contribution in [0.3, 0.4) is 0 Å².